The van der Waals surface area contributed by atoms with Gasteiger partial charge in [-0.3, -0.25) is 9.97 Å². The number of nitrogens with zero attached hydrogens (tertiary/aromatic N) is 4. The molecule has 302 valence electrons. The Morgan fingerprint density at radius 2 is 0.831 bits per heavy atom. The average molecular weight is 827 g/mol. The molecule has 0 spiro atoms. The molecule has 0 radical (unpaired) electrons. The van der Waals surface area contributed by atoms with Crippen molar-refractivity contribution in [3.63, 3.8) is 0 Å². The highest BCUT2D eigenvalue weighted by Gasteiger charge is 2.20. The summed E-state index contributed by atoms with van der Waals surface area (Å²) < 4.78 is 2.38. The topological polar surface area (TPSA) is 43.6 Å². The predicted molar refractivity (Wildman–Crippen MR) is 271 cm³/mol. The van der Waals surface area contributed by atoms with Gasteiger partial charge in [-0.1, -0.05) is 158 Å². The molecule has 0 aliphatic carbocycles. The third kappa shape index (κ3) is 6.03. The Kier molecular flexibility index (Phi) is 8.50. The zero-order valence-corrected chi connectivity index (χ0v) is 35.2. The monoisotopic (exact) mass is 826 g/mol. The Morgan fingerprint density at radius 1 is 0.308 bits per heavy atom. The van der Waals surface area contributed by atoms with Crippen molar-refractivity contribution in [1.29, 1.82) is 0 Å². The van der Waals surface area contributed by atoms with Gasteiger partial charge in [-0.25, -0.2) is 4.98 Å². The van der Waals surface area contributed by atoms with Crippen molar-refractivity contribution >= 4 is 64.9 Å². The van der Waals surface area contributed by atoms with Gasteiger partial charge in [-0.2, -0.15) is 0 Å². The smallest absolute Gasteiger partial charge is 0.0716 e. The van der Waals surface area contributed by atoms with Crippen molar-refractivity contribution in [2.24, 2.45) is 0 Å². The van der Waals surface area contributed by atoms with Crippen LogP contribution in [0.15, 0.2) is 231 Å². The molecule has 4 heteroatoms. The number of benzene rings is 9. The van der Waals surface area contributed by atoms with Gasteiger partial charge in [0.1, 0.15) is 0 Å². The van der Waals surface area contributed by atoms with E-state index < -0.39 is 0 Å². The third-order valence-corrected chi connectivity index (χ3v) is 13.2. The summed E-state index contributed by atoms with van der Waals surface area (Å²) in [5.74, 6) is 0. The molecule has 0 fully saturated rings. The molecule has 4 nitrogen and oxygen atoms in total. The van der Waals surface area contributed by atoms with Crippen molar-refractivity contribution in [2.45, 2.75) is 0 Å². The maximum absolute atomic E-state index is 5.35. The zero-order chi connectivity index (χ0) is 42.8. The van der Waals surface area contributed by atoms with Crippen LogP contribution in [0.3, 0.4) is 0 Å². The first-order valence-corrected chi connectivity index (χ1v) is 22.1. The van der Waals surface area contributed by atoms with E-state index in [1.807, 2.05) is 36.9 Å². The lowest BCUT2D eigenvalue weighted by Crippen LogP contribution is -1.95. The van der Waals surface area contributed by atoms with Gasteiger partial charge in [0.05, 0.1) is 28.1 Å². The van der Waals surface area contributed by atoms with Crippen molar-refractivity contribution in [3.05, 3.63) is 231 Å². The summed E-state index contributed by atoms with van der Waals surface area (Å²) in [6, 6.07) is 74.6. The van der Waals surface area contributed by atoms with Gasteiger partial charge in [0.2, 0.25) is 0 Å². The normalized spacial score (nSPS) is 11.7. The largest absolute Gasteiger partial charge is 0.309 e. The van der Waals surface area contributed by atoms with Gasteiger partial charge in [0.15, 0.2) is 0 Å². The van der Waals surface area contributed by atoms with Crippen LogP contribution < -0.4 is 0 Å². The summed E-state index contributed by atoms with van der Waals surface area (Å²) in [6.45, 7) is 0. The van der Waals surface area contributed by atoms with Crippen molar-refractivity contribution in [2.75, 3.05) is 0 Å². The molecule has 0 N–H and O–H groups in total. The first-order chi connectivity index (χ1) is 32.2. The lowest BCUT2D eigenvalue weighted by molar-refractivity contribution is 1.19. The highest BCUT2D eigenvalue weighted by Crippen LogP contribution is 2.46. The van der Waals surface area contributed by atoms with Crippen molar-refractivity contribution in [3.8, 4) is 61.6 Å². The van der Waals surface area contributed by atoms with Gasteiger partial charge in [-0.05, 0) is 120 Å². The summed E-state index contributed by atoms with van der Waals surface area (Å²) in [6.07, 6.45) is 7.56. The summed E-state index contributed by atoms with van der Waals surface area (Å²) >= 11 is 0. The summed E-state index contributed by atoms with van der Waals surface area (Å²) in [7, 11) is 0. The molecule has 0 saturated heterocycles. The number of fused-ring (bicyclic) bond motifs is 7. The van der Waals surface area contributed by atoms with Crippen LogP contribution in [-0.2, 0) is 0 Å². The molecule has 0 saturated carbocycles. The van der Waals surface area contributed by atoms with E-state index in [-0.39, 0.29) is 0 Å². The first kappa shape index (κ1) is 36.9. The minimum Gasteiger partial charge on any atom is -0.309 e. The van der Waals surface area contributed by atoms with E-state index in [9.17, 15) is 0 Å². The second-order valence-electron chi connectivity index (χ2n) is 16.8. The Labute approximate surface area is 375 Å². The molecule has 13 aromatic rings. The van der Waals surface area contributed by atoms with E-state index in [1.165, 1.54) is 65.2 Å². The second-order valence-corrected chi connectivity index (χ2v) is 16.8. The summed E-state index contributed by atoms with van der Waals surface area (Å²) in [4.78, 5) is 14.3. The maximum atomic E-state index is 5.35. The first-order valence-electron chi connectivity index (χ1n) is 22.1. The number of pyridine rings is 3. The SMILES string of the molecule is c1ccc2c(-c3c4ccccc4c(-c4cc(-c5ccncc5)nc(-c5ccc(-c6ccc7c(c6)c6cnccc6n7-c6cccc7ccccc67)cc5)c4)c4ccccc34)cccc2c1. The Bertz CT molecular complexity index is 3930. The van der Waals surface area contributed by atoms with Crippen LogP contribution >= 0.6 is 0 Å². The summed E-state index contributed by atoms with van der Waals surface area (Å²) in [5, 5.41) is 12.1. The zero-order valence-electron chi connectivity index (χ0n) is 35.2. The van der Waals surface area contributed by atoms with E-state index >= 15 is 0 Å². The van der Waals surface area contributed by atoms with E-state index in [0.29, 0.717) is 0 Å². The molecule has 4 heterocycles. The van der Waals surface area contributed by atoms with E-state index in [0.717, 1.165) is 61.3 Å². The fourth-order valence-corrected chi connectivity index (χ4v) is 10.2. The predicted octanol–water partition coefficient (Wildman–Crippen LogP) is 15.9. The van der Waals surface area contributed by atoms with E-state index in [1.54, 1.807) is 0 Å². The lowest BCUT2D eigenvalue weighted by Gasteiger charge is -2.19. The molecule has 0 unspecified atom stereocenters. The van der Waals surface area contributed by atoms with Crippen molar-refractivity contribution in [1.82, 2.24) is 19.5 Å². The van der Waals surface area contributed by atoms with E-state index in [4.69, 9.17) is 4.98 Å². The molecule has 0 aliphatic heterocycles. The van der Waals surface area contributed by atoms with Gasteiger partial charge < -0.3 is 4.57 Å². The van der Waals surface area contributed by atoms with Gasteiger partial charge in [0, 0.05) is 52.1 Å². The Morgan fingerprint density at radius 3 is 1.54 bits per heavy atom. The molecule has 0 amide bonds. The standard InChI is InChI=1S/C61H38N4/c1-3-15-46-40(11-1)13-9-21-48(46)61-51-19-7-5-17-49(51)60(50-18-6-8-20-52(50)61)45-36-55(64-56(37-45)43-29-32-62-33-30-43)42-25-23-39(24-26-42)44-27-28-58-53(35-44)54-38-63-34-31-59(54)65(58)57-22-10-14-41-12-2-4-16-47(41)57/h1-38H. The fraction of sp³-hybridized carbons (Fsp3) is 0. The van der Waals surface area contributed by atoms with Crippen LogP contribution in [0.5, 0.6) is 0 Å². The molecular formula is C61H38N4. The molecule has 9 aromatic carbocycles. The van der Waals surface area contributed by atoms with Crippen LogP contribution in [0, 0.1) is 0 Å². The van der Waals surface area contributed by atoms with E-state index in [2.05, 4.69) is 209 Å². The quantitative estimate of drug-likeness (QED) is 0.157. The molecule has 0 atom stereocenters. The van der Waals surface area contributed by atoms with Crippen LogP contribution in [0.2, 0.25) is 0 Å². The number of aromatic nitrogens is 4. The highest BCUT2D eigenvalue weighted by molar-refractivity contribution is 6.23. The molecule has 0 aliphatic rings. The van der Waals surface area contributed by atoms with Gasteiger partial charge in [-0.15, -0.1) is 0 Å². The molecule has 4 aromatic heterocycles. The minimum absolute atomic E-state index is 0.900. The number of rotatable bonds is 6. The Hall–Kier alpha value is -8.73. The highest BCUT2D eigenvalue weighted by atomic mass is 15.0. The molecule has 13 rings (SSSR count). The average Bonchev–Trinajstić information content (AvgIpc) is 3.71. The van der Waals surface area contributed by atoms with Crippen LogP contribution in [0.1, 0.15) is 0 Å². The summed E-state index contributed by atoms with van der Waals surface area (Å²) in [5.41, 5.74) is 14.4. The van der Waals surface area contributed by atoms with Crippen LogP contribution in [0.4, 0.5) is 0 Å². The van der Waals surface area contributed by atoms with Crippen LogP contribution in [0.25, 0.3) is 126 Å². The van der Waals surface area contributed by atoms with Gasteiger partial charge in [0.25, 0.3) is 0 Å². The second kappa shape index (κ2) is 15.0. The minimum atomic E-state index is 0.900. The third-order valence-electron chi connectivity index (χ3n) is 13.2. The van der Waals surface area contributed by atoms with Crippen LogP contribution in [-0.4, -0.2) is 19.5 Å². The maximum Gasteiger partial charge on any atom is 0.0716 e. The number of hydrogen-bond donors (Lipinski definition) is 0. The van der Waals surface area contributed by atoms with Crippen molar-refractivity contribution < 1.29 is 0 Å². The fourth-order valence-electron chi connectivity index (χ4n) is 10.2. The molecular weight excluding hydrogens is 789 g/mol. The Balaban J connectivity index is 0.963. The number of hydrogen-bond acceptors (Lipinski definition) is 3. The molecule has 0 bridgehead atoms. The molecule has 65 heavy (non-hydrogen) atoms. The lowest BCUT2D eigenvalue weighted by atomic mass is 9.84. The van der Waals surface area contributed by atoms with Gasteiger partial charge >= 0.3 is 0 Å².